The summed E-state index contributed by atoms with van der Waals surface area (Å²) in [5, 5.41) is 5.51. The van der Waals surface area contributed by atoms with Crippen molar-refractivity contribution >= 4 is 29.3 Å². The van der Waals surface area contributed by atoms with E-state index in [1.807, 2.05) is 0 Å². The number of hydrogen-bond acceptors (Lipinski definition) is 4. The van der Waals surface area contributed by atoms with E-state index in [9.17, 15) is 9.59 Å². The summed E-state index contributed by atoms with van der Waals surface area (Å²) in [6, 6.07) is 17.3. The Kier molecular flexibility index (Phi) is 5.69. The van der Waals surface area contributed by atoms with Crippen molar-refractivity contribution in [3.63, 3.8) is 0 Å². The largest absolute Gasteiger partial charge is 0.497 e. The first-order chi connectivity index (χ1) is 13.2. The quantitative estimate of drug-likeness (QED) is 0.644. The van der Waals surface area contributed by atoms with Gasteiger partial charge in [-0.3, -0.25) is 9.59 Å². The summed E-state index contributed by atoms with van der Waals surface area (Å²) >= 11 is 0. The van der Waals surface area contributed by atoms with Crippen LogP contribution in [0.5, 0.6) is 5.75 Å². The zero-order chi connectivity index (χ0) is 19.1. The molecule has 2 N–H and O–H groups in total. The van der Waals surface area contributed by atoms with Gasteiger partial charge in [-0.25, -0.2) is 0 Å². The van der Waals surface area contributed by atoms with Gasteiger partial charge in [-0.2, -0.15) is 0 Å². The van der Waals surface area contributed by atoms with E-state index >= 15 is 0 Å². The number of rotatable bonds is 6. The minimum Gasteiger partial charge on any atom is -0.497 e. The van der Waals surface area contributed by atoms with Crippen molar-refractivity contribution in [3.05, 3.63) is 84.3 Å². The maximum atomic E-state index is 12.6. The van der Waals surface area contributed by atoms with Gasteiger partial charge in [0.1, 0.15) is 11.5 Å². The number of amides is 2. The van der Waals surface area contributed by atoms with Gasteiger partial charge in [0.15, 0.2) is 0 Å². The molecule has 0 saturated heterocycles. The van der Waals surface area contributed by atoms with Gasteiger partial charge < -0.3 is 19.8 Å². The second kappa shape index (κ2) is 8.53. The van der Waals surface area contributed by atoms with Crippen molar-refractivity contribution in [1.29, 1.82) is 0 Å². The van der Waals surface area contributed by atoms with E-state index in [0.717, 1.165) is 0 Å². The van der Waals surface area contributed by atoms with Crippen LogP contribution in [0.4, 0.5) is 11.4 Å². The Labute approximate surface area is 156 Å². The average Bonchev–Trinajstić information content (AvgIpc) is 3.20. The molecule has 0 atom stereocenters. The van der Waals surface area contributed by atoms with Crippen LogP contribution >= 0.6 is 0 Å². The molecule has 0 aliphatic rings. The molecule has 0 bridgehead atoms. The maximum Gasteiger partial charge on any atom is 0.257 e. The Morgan fingerprint density at radius 2 is 1.85 bits per heavy atom. The monoisotopic (exact) mass is 362 g/mol. The summed E-state index contributed by atoms with van der Waals surface area (Å²) in [4.78, 5) is 24.8. The van der Waals surface area contributed by atoms with Crippen molar-refractivity contribution in [3.8, 4) is 5.75 Å². The molecule has 0 aliphatic heterocycles. The molecule has 1 heterocycles. The van der Waals surface area contributed by atoms with Crippen LogP contribution in [-0.4, -0.2) is 18.9 Å². The van der Waals surface area contributed by atoms with E-state index in [1.54, 1.807) is 73.8 Å². The standard InChI is InChI=1S/C21H18N2O4/c1-26-17-7-4-6-15(14-17)22-21(25)18-9-2-3-10-19(18)23-20(24)12-11-16-8-5-13-27-16/h2-14H,1H3,(H,22,25)(H,23,24). The molecule has 3 aromatic rings. The number of anilines is 2. The Bertz CT molecular complexity index is 962. The number of carbonyl (C=O) groups excluding carboxylic acids is 2. The number of furan rings is 1. The van der Waals surface area contributed by atoms with Crippen LogP contribution in [0.1, 0.15) is 16.1 Å². The van der Waals surface area contributed by atoms with Crippen LogP contribution in [-0.2, 0) is 4.79 Å². The number of nitrogens with one attached hydrogen (secondary N) is 2. The lowest BCUT2D eigenvalue weighted by atomic mass is 10.1. The summed E-state index contributed by atoms with van der Waals surface area (Å²) in [5.74, 6) is 0.494. The molecule has 136 valence electrons. The minimum absolute atomic E-state index is 0.339. The highest BCUT2D eigenvalue weighted by Crippen LogP contribution is 2.20. The van der Waals surface area contributed by atoms with Crippen molar-refractivity contribution in [1.82, 2.24) is 0 Å². The van der Waals surface area contributed by atoms with Crippen LogP contribution < -0.4 is 15.4 Å². The van der Waals surface area contributed by atoms with Gasteiger partial charge in [-0.1, -0.05) is 18.2 Å². The van der Waals surface area contributed by atoms with Crippen molar-refractivity contribution < 1.29 is 18.7 Å². The lowest BCUT2D eigenvalue weighted by molar-refractivity contribution is -0.111. The average molecular weight is 362 g/mol. The third-order valence-corrected chi connectivity index (χ3v) is 3.70. The topological polar surface area (TPSA) is 80.6 Å². The lowest BCUT2D eigenvalue weighted by Crippen LogP contribution is -2.17. The van der Waals surface area contributed by atoms with Crippen LogP contribution in [0.2, 0.25) is 0 Å². The number of hydrogen-bond donors (Lipinski definition) is 2. The predicted molar refractivity (Wildman–Crippen MR) is 104 cm³/mol. The highest BCUT2D eigenvalue weighted by molar-refractivity contribution is 6.11. The van der Waals surface area contributed by atoms with Gasteiger partial charge in [-0.05, 0) is 42.5 Å². The summed E-state index contributed by atoms with van der Waals surface area (Å²) in [7, 11) is 1.56. The fourth-order valence-corrected chi connectivity index (χ4v) is 2.41. The zero-order valence-electron chi connectivity index (χ0n) is 14.6. The second-order valence-corrected chi connectivity index (χ2v) is 5.57. The third-order valence-electron chi connectivity index (χ3n) is 3.70. The van der Waals surface area contributed by atoms with E-state index < -0.39 is 0 Å². The Morgan fingerprint density at radius 3 is 2.63 bits per heavy atom. The number of para-hydroxylation sites is 1. The van der Waals surface area contributed by atoms with Gasteiger partial charge in [0, 0.05) is 17.8 Å². The summed E-state index contributed by atoms with van der Waals surface area (Å²) < 4.78 is 10.3. The van der Waals surface area contributed by atoms with Gasteiger partial charge in [-0.15, -0.1) is 0 Å². The molecule has 27 heavy (non-hydrogen) atoms. The number of benzene rings is 2. The summed E-state index contributed by atoms with van der Waals surface area (Å²) in [6.45, 7) is 0. The highest BCUT2D eigenvalue weighted by Gasteiger charge is 2.13. The molecule has 0 fully saturated rings. The molecule has 2 amide bonds. The second-order valence-electron chi connectivity index (χ2n) is 5.57. The minimum atomic E-state index is -0.368. The Morgan fingerprint density at radius 1 is 1.00 bits per heavy atom. The fraction of sp³-hybridized carbons (Fsp3) is 0.0476. The van der Waals surface area contributed by atoms with Gasteiger partial charge in [0.25, 0.3) is 5.91 Å². The third kappa shape index (κ3) is 4.85. The zero-order valence-corrected chi connectivity index (χ0v) is 14.6. The van der Waals surface area contributed by atoms with E-state index in [2.05, 4.69) is 10.6 Å². The Hall–Kier alpha value is -3.80. The van der Waals surface area contributed by atoms with Crippen molar-refractivity contribution in [2.45, 2.75) is 0 Å². The van der Waals surface area contributed by atoms with Crippen LogP contribution in [0.3, 0.4) is 0 Å². The molecular formula is C21H18N2O4. The van der Waals surface area contributed by atoms with Crippen molar-refractivity contribution in [2.24, 2.45) is 0 Å². The summed E-state index contributed by atoms with van der Waals surface area (Å²) in [6.07, 6.45) is 4.42. The van der Waals surface area contributed by atoms with Crippen LogP contribution in [0.15, 0.2) is 77.4 Å². The number of methoxy groups -OCH3 is 1. The normalized spacial score (nSPS) is 10.6. The summed E-state index contributed by atoms with van der Waals surface area (Å²) in [5.41, 5.74) is 1.35. The molecule has 0 unspecified atom stereocenters. The lowest BCUT2D eigenvalue weighted by Gasteiger charge is -2.11. The molecule has 0 aliphatic carbocycles. The van der Waals surface area contributed by atoms with Crippen LogP contribution in [0, 0.1) is 0 Å². The molecule has 3 rings (SSSR count). The van der Waals surface area contributed by atoms with Crippen LogP contribution in [0.25, 0.3) is 6.08 Å². The molecule has 0 radical (unpaired) electrons. The molecule has 2 aromatic carbocycles. The molecule has 0 spiro atoms. The predicted octanol–water partition coefficient (Wildman–Crippen LogP) is 4.19. The van der Waals surface area contributed by atoms with E-state index in [1.165, 1.54) is 12.3 Å². The highest BCUT2D eigenvalue weighted by atomic mass is 16.5. The molecule has 0 saturated carbocycles. The molecule has 1 aromatic heterocycles. The molecule has 6 heteroatoms. The first-order valence-corrected chi connectivity index (χ1v) is 8.23. The van der Waals surface area contributed by atoms with Gasteiger partial charge in [0.05, 0.1) is 24.6 Å². The van der Waals surface area contributed by atoms with Gasteiger partial charge in [0.2, 0.25) is 5.91 Å². The fourth-order valence-electron chi connectivity index (χ4n) is 2.41. The SMILES string of the molecule is COc1cccc(NC(=O)c2ccccc2NC(=O)C=Cc2ccco2)c1. The van der Waals surface area contributed by atoms with Gasteiger partial charge >= 0.3 is 0 Å². The van der Waals surface area contributed by atoms with E-state index in [-0.39, 0.29) is 11.8 Å². The number of ether oxygens (including phenoxy) is 1. The van der Waals surface area contributed by atoms with E-state index in [0.29, 0.717) is 28.4 Å². The smallest absolute Gasteiger partial charge is 0.257 e. The number of carbonyl (C=O) groups is 2. The van der Waals surface area contributed by atoms with Crippen molar-refractivity contribution in [2.75, 3.05) is 17.7 Å². The molecule has 6 nitrogen and oxygen atoms in total. The first kappa shape index (κ1) is 18.0. The first-order valence-electron chi connectivity index (χ1n) is 8.23. The molecular weight excluding hydrogens is 344 g/mol. The van der Waals surface area contributed by atoms with E-state index in [4.69, 9.17) is 9.15 Å². The Balaban J connectivity index is 1.72. The maximum absolute atomic E-state index is 12.6.